The smallest absolute Gasteiger partial charge is 0.407 e. The average molecular weight is 444 g/mol. The Hall–Kier alpha value is -2.54. The van der Waals surface area contributed by atoms with E-state index in [4.69, 9.17) is 4.74 Å². The molecule has 4 nitrogen and oxygen atoms in total. The van der Waals surface area contributed by atoms with Gasteiger partial charge in [-0.1, -0.05) is 32.0 Å². The maximum atomic E-state index is 14.3. The molecule has 2 aromatic carbocycles. The number of hydrogen-bond donors (Lipinski definition) is 1. The zero-order valence-electron chi connectivity index (χ0n) is 18.3. The highest BCUT2D eigenvalue weighted by atomic mass is 19.2. The molecule has 1 N–H and O–H groups in total. The number of nitrogens with zero attached hydrogens (tertiary/aromatic N) is 1. The molecule has 7 heteroatoms. The molecule has 1 aliphatic carbocycles. The number of benzene rings is 2. The van der Waals surface area contributed by atoms with Crippen LogP contribution >= 0.6 is 0 Å². The average Bonchev–Trinajstić information content (AvgIpc) is 3.01. The topological polar surface area (TPSA) is 41.6 Å². The zero-order valence-corrected chi connectivity index (χ0v) is 18.3. The van der Waals surface area contributed by atoms with E-state index in [9.17, 15) is 18.0 Å². The van der Waals surface area contributed by atoms with Gasteiger partial charge in [0.1, 0.15) is 6.10 Å². The van der Waals surface area contributed by atoms with Gasteiger partial charge in [0, 0.05) is 12.1 Å². The van der Waals surface area contributed by atoms with Crippen LogP contribution in [-0.4, -0.2) is 36.7 Å². The first-order chi connectivity index (χ1) is 15.2. The first-order valence-electron chi connectivity index (χ1n) is 11.2. The number of fused-ring (bicyclic) bond motifs is 4. The number of rotatable bonds is 3. The zero-order chi connectivity index (χ0) is 22.6. The Morgan fingerprint density at radius 1 is 1.09 bits per heavy atom. The molecule has 4 aliphatic rings. The minimum atomic E-state index is -1.47. The SMILES string of the molecule is CC1(C)Cc2cc(-c3ccc(F)c(F)c3F)ccc2C1NC(=O)O[C@H]1CN2CCC1CC2. The van der Waals surface area contributed by atoms with Crippen molar-refractivity contribution in [2.45, 2.75) is 45.3 Å². The molecule has 32 heavy (non-hydrogen) atoms. The normalized spacial score (nSPS) is 27.8. The largest absolute Gasteiger partial charge is 0.445 e. The van der Waals surface area contributed by atoms with Gasteiger partial charge in [0.2, 0.25) is 0 Å². The van der Waals surface area contributed by atoms with E-state index in [0.29, 0.717) is 17.9 Å². The van der Waals surface area contributed by atoms with Crippen molar-refractivity contribution < 1.29 is 22.7 Å². The van der Waals surface area contributed by atoms with Crippen molar-refractivity contribution >= 4 is 6.09 Å². The van der Waals surface area contributed by atoms with Gasteiger partial charge in [-0.25, -0.2) is 18.0 Å². The molecule has 2 bridgehead atoms. The lowest BCUT2D eigenvalue weighted by molar-refractivity contribution is -0.0348. The molecular weight excluding hydrogens is 417 g/mol. The van der Waals surface area contributed by atoms with Gasteiger partial charge in [-0.15, -0.1) is 0 Å². The minimum absolute atomic E-state index is 0.0164. The summed E-state index contributed by atoms with van der Waals surface area (Å²) in [6, 6.07) is 7.24. The van der Waals surface area contributed by atoms with E-state index in [-0.39, 0.29) is 23.1 Å². The molecule has 1 unspecified atom stereocenters. The van der Waals surface area contributed by atoms with E-state index >= 15 is 0 Å². The number of amides is 1. The lowest BCUT2D eigenvalue weighted by Crippen LogP contribution is -2.53. The highest BCUT2D eigenvalue weighted by Crippen LogP contribution is 2.46. The Balaban J connectivity index is 1.35. The van der Waals surface area contributed by atoms with E-state index in [0.717, 1.165) is 49.7 Å². The third-order valence-electron chi connectivity index (χ3n) is 7.34. The first kappa shape index (κ1) is 21.3. The molecule has 3 aliphatic heterocycles. The Labute approximate surface area is 185 Å². The number of carbonyl (C=O) groups excluding carboxylic acids is 1. The first-order valence-corrected chi connectivity index (χ1v) is 11.2. The van der Waals surface area contributed by atoms with Gasteiger partial charge in [-0.3, -0.25) is 4.90 Å². The number of hydrogen-bond acceptors (Lipinski definition) is 3. The fraction of sp³-hybridized carbons (Fsp3) is 0.480. The molecule has 3 saturated heterocycles. The van der Waals surface area contributed by atoms with Crippen LogP contribution in [0.3, 0.4) is 0 Å². The Morgan fingerprint density at radius 2 is 1.84 bits per heavy atom. The molecule has 3 heterocycles. The van der Waals surface area contributed by atoms with Gasteiger partial charge < -0.3 is 10.1 Å². The second kappa shape index (κ2) is 7.80. The third kappa shape index (κ3) is 3.66. The van der Waals surface area contributed by atoms with E-state index in [2.05, 4.69) is 24.1 Å². The van der Waals surface area contributed by atoms with Gasteiger partial charge in [0.25, 0.3) is 0 Å². The van der Waals surface area contributed by atoms with E-state index in [1.807, 2.05) is 6.07 Å². The minimum Gasteiger partial charge on any atom is -0.445 e. The summed E-state index contributed by atoms with van der Waals surface area (Å²) in [5.41, 5.74) is 2.10. The summed E-state index contributed by atoms with van der Waals surface area (Å²) in [7, 11) is 0. The maximum absolute atomic E-state index is 14.3. The molecule has 3 fully saturated rings. The van der Waals surface area contributed by atoms with Crippen LogP contribution in [0.4, 0.5) is 18.0 Å². The van der Waals surface area contributed by atoms with E-state index in [1.54, 1.807) is 12.1 Å². The fourth-order valence-electron chi connectivity index (χ4n) is 5.58. The van der Waals surface area contributed by atoms with Crippen molar-refractivity contribution in [3.63, 3.8) is 0 Å². The number of piperidine rings is 3. The number of ether oxygens (including phenoxy) is 1. The van der Waals surface area contributed by atoms with Crippen LogP contribution in [0, 0.1) is 28.8 Å². The highest BCUT2D eigenvalue weighted by Gasteiger charge is 2.42. The fourth-order valence-corrected chi connectivity index (χ4v) is 5.58. The molecule has 0 radical (unpaired) electrons. The van der Waals surface area contributed by atoms with Crippen LogP contribution in [-0.2, 0) is 11.2 Å². The van der Waals surface area contributed by atoms with Crippen molar-refractivity contribution in [1.29, 1.82) is 0 Å². The van der Waals surface area contributed by atoms with Gasteiger partial charge in [-0.2, -0.15) is 0 Å². The number of alkyl carbamates (subject to hydrolysis) is 1. The third-order valence-corrected chi connectivity index (χ3v) is 7.34. The number of nitrogens with one attached hydrogen (secondary N) is 1. The van der Waals surface area contributed by atoms with Gasteiger partial charge >= 0.3 is 6.09 Å². The standard InChI is InChI=1S/C25H27F3N2O2/c1-25(2)12-16-11-15(17-5-6-19(26)22(28)21(17)27)3-4-18(16)23(25)29-24(31)32-20-13-30-9-7-14(20)8-10-30/h3-6,11,14,20,23H,7-10,12-13H2,1-2H3,(H,29,31)/t20-,23?/m0/s1. The summed E-state index contributed by atoms with van der Waals surface area (Å²) in [5.74, 6) is -3.45. The van der Waals surface area contributed by atoms with Crippen LogP contribution in [0.1, 0.15) is 43.9 Å². The lowest BCUT2D eigenvalue weighted by Gasteiger charge is -2.44. The summed E-state index contributed by atoms with van der Waals surface area (Å²) >= 11 is 0. The second-order valence-electron chi connectivity index (χ2n) is 9.96. The van der Waals surface area contributed by atoms with Gasteiger partial charge in [0.05, 0.1) is 6.04 Å². The molecule has 0 spiro atoms. The highest BCUT2D eigenvalue weighted by molar-refractivity contribution is 5.70. The summed E-state index contributed by atoms with van der Waals surface area (Å²) in [6.45, 7) is 7.08. The summed E-state index contributed by atoms with van der Waals surface area (Å²) in [6.07, 6.45) is 2.32. The molecular formula is C25H27F3N2O2. The monoisotopic (exact) mass is 444 g/mol. The quantitative estimate of drug-likeness (QED) is 0.661. The molecule has 0 saturated carbocycles. The predicted octanol–water partition coefficient (Wildman–Crippen LogP) is 5.21. The van der Waals surface area contributed by atoms with Gasteiger partial charge in [0.15, 0.2) is 17.5 Å². The number of halogens is 3. The van der Waals surface area contributed by atoms with Crippen LogP contribution in [0.2, 0.25) is 0 Å². The Morgan fingerprint density at radius 3 is 2.53 bits per heavy atom. The van der Waals surface area contributed by atoms with Crippen molar-refractivity contribution in [3.05, 3.63) is 58.9 Å². The Bertz CT molecular complexity index is 1060. The van der Waals surface area contributed by atoms with Crippen LogP contribution in [0.15, 0.2) is 30.3 Å². The molecule has 6 rings (SSSR count). The molecule has 2 aromatic rings. The molecule has 0 aromatic heterocycles. The van der Waals surface area contributed by atoms with Crippen LogP contribution in [0.25, 0.3) is 11.1 Å². The van der Waals surface area contributed by atoms with Gasteiger partial charge in [-0.05, 0) is 72.5 Å². The summed E-state index contributed by atoms with van der Waals surface area (Å²) in [4.78, 5) is 15.1. The molecule has 170 valence electrons. The second-order valence-corrected chi connectivity index (χ2v) is 9.96. The van der Waals surface area contributed by atoms with E-state index in [1.165, 1.54) is 6.07 Å². The molecule has 2 atom stereocenters. The number of carbonyl (C=O) groups is 1. The van der Waals surface area contributed by atoms with Crippen LogP contribution in [0.5, 0.6) is 0 Å². The lowest BCUT2D eigenvalue weighted by atomic mass is 9.85. The maximum Gasteiger partial charge on any atom is 0.407 e. The van der Waals surface area contributed by atoms with Crippen LogP contribution < -0.4 is 5.32 Å². The van der Waals surface area contributed by atoms with Crippen molar-refractivity contribution in [3.8, 4) is 11.1 Å². The molecule has 1 amide bonds. The Kier molecular flexibility index (Phi) is 5.19. The van der Waals surface area contributed by atoms with Crippen molar-refractivity contribution in [1.82, 2.24) is 10.2 Å². The summed E-state index contributed by atoms with van der Waals surface area (Å²) in [5, 5.41) is 3.06. The van der Waals surface area contributed by atoms with Crippen molar-refractivity contribution in [2.24, 2.45) is 11.3 Å². The summed E-state index contributed by atoms with van der Waals surface area (Å²) < 4.78 is 47.1. The predicted molar refractivity (Wildman–Crippen MR) is 115 cm³/mol. The van der Waals surface area contributed by atoms with E-state index < -0.39 is 23.5 Å². The van der Waals surface area contributed by atoms with Crippen molar-refractivity contribution in [2.75, 3.05) is 19.6 Å².